The van der Waals surface area contributed by atoms with E-state index in [1.165, 1.54) is 116 Å². The molecule has 0 radical (unpaired) electrons. The summed E-state index contributed by atoms with van der Waals surface area (Å²) in [5.41, 5.74) is 0. The number of likely N-dealkylation sites (N-methyl/N-ethyl adjacent to an activating group) is 1. The Morgan fingerprint density at radius 3 is 1.45 bits per heavy atom. The minimum absolute atomic E-state index is 0.179. The number of aliphatic carboxylic acids is 1. The van der Waals surface area contributed by atoms with Crippen LogP contribution in [0.2, 0.25) is 0 Å². The van der Waals surface area contributed by atoms with E-state index in [4.69, 9.17) is 18.9 Å². The fourth-order valence-electron chi connectivity index (χ4n) is 5.71. The number of quaternary nitrogens is 1. The van der Waals surface area contributed by atoms with Crippen molar-refractivity contribution in [1.82, 2.24) is 0 Å². The van der Waals surface area contributed by atoms with Crippen LogP contribution in [0.1, 0.15) is 181 Å². The summed E-state index contributed by atoms with van der Waals surface area (Å²) in [4.78, 5) is 36.8. The predicted molar refractivity (Wildman–Crippen MR) is 208 cm³/mol. The van der Waals surface area contributed by atoms with Crippen LogP contribution >= 0.6 is 0 Å². The summed E-state index contributed by atoms with van der Waals surface area (Å²) in [5, 5.41) is 9.58. The van der Waals surface area contributed by atoms with E-state index in [2.05, 4.69) is 26.0 Å². The molecule has 0 spiro atoms. The van der Waals surface area contributed by atoms with E-state index in [0.29, 0.717) is 17.4 Å². The van der Waals surface area contributed by atoms with Crippen molar-refractivity contribution in [2.45, 2.75) is 193 Å². The zero-order valence-corrected chi connectivity index (χ0v) is 33.8. The average Bonchev–Trinajstić information content (AvgIpc) is 3.08. The van der Waals surface area contributed by atoms with Gasteiger partial charge in [0.15, 0.2) is 6.10 Å². The summed E-state index contributed by atoms with van der Waals surface area (Å²) in [6.07, 6.45) is 31.4. The molecule has 0 amide bonds. The van der Waals surface area contributed by atoms with Gasteiger partial charge < -0.3 is 28.5 Å². The second-order valence-corrected chi connectivity index (χ2v) is 15.3. The number of carboxylic acids is 1. The number of ether oxygens (including phenoxy) is 4. The monoisotopic (exact) mass is 727 g/mol. The molecule has 0 aliphatic heterocycles. The number of unbranched alkanes of at least 4 members (excludes halogenated alkanes) is 21. The van der Waals surface area contributed by atoms with Gasteiger partial charge in [-0.15, -0.1) is 0 Å². The van der Waals surface area contributed by atoms with Crippen LogP contribution in [0, 0.1) is 0 Å². The summed E-state index contributed by atoms with van der Waals surface area (Å²) in [7, 11) is 5.94. The molecule has 0 aromatic carbocycles. The number of hydrogen-bond donors (Lipinski definition) is 1. The minimum Gasteiger partial charge on any atom is -0.477 e. The van der Waals surface area contributed by atoms with Gasteiger partial charge in [0.1, 0.15) is 13.2 Å². The van der Waals surface area contributed by atoms with Crippen LogP contribution in [0.4, 0.5) is 0 Å². The minimum atomic E-state index is -1.50. The number of nitrogens with zero attached hydrogens (tertiary/aromatic N) is 1. The van der Waals surface area contributed by atoms with Crippen molar-refractivity contribution in [2.24, 2.45) is 0 Å². The molecule has 300 valence electrons. The molecule has 0 aromatic rings. The maximum atomic E-state index is 12.7. The van der Waals surface area contributed by atoms with Crippen molar-refractivity contribution in [3.8, 4) is 0 Å². The number of carboxylic acid groups (broad SMARTS) is 1. The third-order valence-electron chi connectivity index (χ3n) is 9.02. The molecule has 0 aliphatic carbocycles. The van der Waals surface area contributed by atoms with Gasteiger partial charge >= 0.3 is 17.9 Å². The number of carbonyl (C=O) groups is 3. The Hall–Kier alpha value is -1.97. The van der Waals surface area contributed by atoms with E-state index in [1.807, 2.05) is 21.1 Å². The van der Waals surface area contributed by atoms with Gasteiger partial charge in [-0.25, -0.2) is 4.79 Å². The highest BCUT2D eigenvalue weighted by molar-refractivity contribution is 5.71. The lowest BCUT2D eigenvalue weighted by Gasteiger charge is -2.25. The van der Waals surface area contributed by atoms with Gasteiger partial charge in [0.05, 0.1) is 34.4 Å². The molecule has 9 heteroatoms. The molecule has 0 heterocycles. The molecule has 0 saturated carbocycles. The van der Waals surface area contributed by atoms with E-state index in [9.17, 15) is 19.5 Å². The number of carbonyl (C=O) groups excluding carboxylic acids is 2. The Labute approximate surface area is 313 Å². The summed E-state index contributed by atoms with van der Waals surface area (Å²) in [5.74, 6) is -2.01. The molecule has 9 nitrogen and oxygen atoms in total. The third-order valence-corrected chi connectivity index (χ3v) is 9.02. The summed E-state index contributed by atoms with van der Waals surface area (Å²) in [6, 6.07) is 0. The van der Waals surface area contributed by atoms with E-state index >= 15 is 0 Å². The molecule has 0 rings (SSSR count). The lowest BCUT2D eigenvalue weighted by Crippen LogP contribution is -2.40. The first kappa shape index (κ1) is 49.0. The van der Waals surface area contributed by atoms with Crippen LogP contribution in [-0.4, -0.2) is 87.4 Å². The van der Waals surface area contributed by atoms with Crippen molar-refractivity contribution in [2.75, 3.05) is 47.5 Å². The molecule has 51 heavy (non-hydrogen) atoms. The van der Waals surface area contributed by atoms with Crippen molar-refractivity contribution >= 4 is 17.9 Å². The van der Waals surface area contributed by atoms with Crippen LogP contribution in [-0.2, 0) is 33.3 Å². The van der Waals surface area contributed by atoms with Crippen LogP contribution in [0.15, 0.2) is 12.2 Å². The van der Waals surface area contributed by atoms with E-state index in [0.717, 1.165) is 38.5 Å². The van der Waals surface area contributed by atoms with Gasteiger partial charge in [-0.05, 0) is 38.5 Å². The first-order valence-electron chi connectivity index (χ1n) is 20.9. The number of allylic oxidation sites excluding steroid dienone is 2. The van der Waals surface area contributed by atoms with Crippen molar-refractivity contribution in [3.05, 3.63) is 12.2 Å². The van der Waals surface area contributed by atoms with Gasteiger partial charge in [0.2, 0.25) is 0 Å². The van der Waals surface area contributed by atoms with Crippen LogP contribution in [0.25, 0.3) is 0 Å². The topological polar surface area (TPSA) is 108 Å². The first-order valence-corrected chi connectivity index (χ1v) is 20.9. The smallest absolute Gasteiger partial charge is 0.361 e. The molecular weight excluding hydrogens is 646 g/mol. The summed E-state index contributed by atoms with van der Waals surface area (Å²) in [6.45, 7) is 4.82. The van der Waals surface area contributed by atoms with E-state index in [-0.39, 0.29) is 32.2 Å². The van der Waals surface area contributed by atoms with Gasteiger partial charge in [-0.3, -0.25) is 9.59 Å². The molecule has 0 aliphatic rings. The highest BCUT2D eigenvalue weighted by Crippen LogP contribution is 2.14. The second kappa shape index (κ2) is 35.1. The number of rotatable bonds is 38. The summed E-state index contributed by atoms with van der Waals surface area (Å²) < 4.78 is 22.6. The number of esters is 2. The van der Waals surface area contributed by atoms with Gasteiger partial charge in [0.25, 0.3) is 6.29 Å². The van der Waals surface area contributed by atoms with Crippen molar-refractivity contribution < 1.29 is 42.9 Å². The molecular formula is C42H80NO8+. The Balaban J connectivity index is 4.34. The third kappa shape index (κ3) is 36.2. The molecule has 0 saturated heterocycles. The van der Waals surface area contributed by atoms with Gasteiger partial charge in [0, 0.05) is 12.8 Å². The Kier molecular flexibility index (Phi) is 33.7. The Morgan fingerprint density at radius 2 is 1.00 bits per heavy atom. The molecule has 0 fully saturated rings. The van der Waals surface area contributed by atoms with E-state index in [1.54, 1.807) is 0 Å². The molecule has 2 unspecified atom stereocenters. The highest BCUT2D eigenvalue weighted by atomic mass is 16.7. The second-order valence-electron chi connectivity index (χ2n) is 15.3. The van der Waals surface area contributed by atoms with Crippen molar-refractivity contribution in [3.63, 3.8) is 0 Å². The standard InChI is InChI=1S/C42H79NO8/c1-6-8-10-12-14-15-16-17-18-19-20-21-22-23-24-25-27-29-31-33-40(45)51-38(36-49-39(44)32-30-28-26-13-11-9-7-2)37-50-42(41(46)47)48-35-34-43(3,4)5/h17-18,38,42H,6-16,19-37H2,1-5H3/p+1/b18-17-. The Morgan fingerprint density at radius 1 is 0.569 bits per heavy atom. The first-order chi connectivity index (χ1) is 24.6. The Bertz CT molecular complexity index is 856. The largest absolute Gasteiger partial charge is 0.477 e. The quantitative estimate of drug-likeness (QED) is 0.0220. The SMILES string of the molecule is CCCCCCCC/C=C\CCCCCCCCCCCC(=O)OC(COC(=O)CCCCCCCCC)COC(OCC[N+](C)(C)C)C(=O)O. The maximum absolute atomic E-state index is 12.7. The van der Waals surface area contributed by atoms with E-state index < -0.39 is 24.3 Å². The van der Waals surface area contributed by atoms with Crippen LogP contribution in [0.3, 0.4) is 0 Å². The lowest BCUT2D eigenvalue weighted by molar-refractivity contribution is -0.870. The fraction of sp³-hybridized carbons (Fsp3) is 0.881. The van der Waals surface area contributed by atoms with Crippen molar-refractivity contribution in [1.29, 1.82) is 0 Å². The van der Waals surface area contributed by atoms with Gasteiger partial charge in [-0.2, -0.15) is 0 Å². The predicted octanol–water partition coefficient (Wildman–Crippen LogP) is 10.3. The van der Waals surface area contributed by atoms with Crippen LogP contribution < -0.4 is 0 Å². The highest BCUT2D eigenvalue weighted by Gasteiger charge is 2.25. The summed E-state index contributed by atoms with van der Waals surface area (Å²) >= 11 is 0. The fourth-order valence-corrected chi connectivity index (χ4v) is 5.71. The zero-order chi connectivity index (χ0) is 37.8. The number of hydrogen-bond acceptors (Lipinski definition) is 7. The normalized spacial score (nSPS) is 13.0. The lowest BCUT2D eigenvalue weighted by atomic mass is 10.1. The molecule has 0 aromatic heterocycles. The maximum Gasteiger partial charge on any atom is 0.361 e. The molecule has 0 bridgehead atoms. The molecule has 2 atom stereocenters. The molecule has 1 N–H and O–H groups in total. The zero-order valence-electron chi connectivity index (χ0n) is 33.8. The van der Waals surface area contributed by atoms with Crippen LogP contribution in [0.5, 0.6) is 0 Å². The average molecular weight is 727 g/mol. The van der Waals surface area contributed by atoms with Gasteiger partial charge in [-0.1, -0.05) is 142 Å².